The molecule has 0 aliphatic heterocycles. The van der Waals surface area contributed by atoms with Crippen LogP contribution in [-0.2, 0) is 4.74 Å². The van der Waals surface area contributed by atoms with Gasteiger partial charge in [-0.05, 0) is 67.8 Å². The van der Waals surface area contributed by atoms with Gasteiger partial charge in [-0.25, -0.2) is 0 Å². The number of nitriles is 1. The van der Waals surface area contributed by atoms with E-state index in [0.29, 0.717) is 12.5 Å². The highest BCUT2D eigenvalue weighted by Gasteiger charge is 2.49. The van der Waals surface area contributed by atoms with Crippen LogP contribution in [0.1, 0.15) is 32.1 Å². The average molecular weight is 231 g/mol. The van der Waals surface area contributed by atoms with E-state index in [2.05, 4.69) is 6.07 Å². The molecule has 0 radical (unpaired) electrons. The summed E-state index contributed by atoms with van der Waals surface area (Å²) in [4.78, 5) is 0. The lowest BCUT2D eigenvalue weighted by molar-refractivity contribution is -0.0193. The van der Waals surface area contributed by atoms with E-state index in [1.807, 2.05) is 6.08 Å². The Balaban J connectivity index is 1.81. The van der Waals surface area contributed by atoms with Crippen LogP contribution >= 0.6 is 0 Å². The summed E-state index contributed by atoms with van der Waals surface area (Å²) in [7, 11) is 1.70. The summed E-state index contributed by atoms with van der Waals surface area (Å²) in [6.45, 7) is 0.589. The summed E-state index contributed by atoms with van der Waals surface area (Å²) in [5, 5.41) is 9.36. The van der Waals surface area contributed by atoms with Crippen LogP contribution in [0.3, 0.4) is 0 Å². The Bertz CT molecular complexity index is 338. The van der Waals surface area contributed by atoms with Gasteiger partial charge in [-0.1, -0.05) is 0 Å². The molecule has 0 spiro atoms. The van der Waals surface area contributed by atoms with E-state index in [0.717, 1.165) is 29.2 Å². The van der Waals surface area contributed by atoms with Gasteiger partial charge >= 0.3 is 0 Å². The number of hydrogen-bond donors (Lipinski definition) is 0. The molecule has 4 saturated carbocycles. The fourth-order valence-corrected chi connectivity index (χ4v) is 4.86. The first-order valence-corrected chi connectivity index (χ1v) is 6.91. The summed E-state index contributed by atoms with van der Waals surface area (Å²) < 4.78 is 5.09. The van der Waals surface area contributed by atoms with Gasteiger partial charge in [0, 0.05) is 12.7 Å². The summed E-state index contributed by atoms with van der Waals surface area (Å²) in [5.41, 5.74) is 1.01. The molecule has 0 saturated heterocycles. The van der Waals surface area contributed by atoms with Crippen molar-refractivity contribution in [2.45, 2.75) is 32.1 Å². The van der Waals surface area contributed by atoms with Crippen LogP contribution in [-0.4, -0.2) is 13.7 Å². The molecule has 4 bridgehead atoms. The molecule has 92 valence electrons. The smallest absolute Gasteiger partial charge is 0.0947 e. The first-order chi connectivity index (χ1) is 8.31. The molecule has 0 heterocycles. The van der Waals surface area contributed by atoms with Crippen molar-refractivity contribution < 1.29 is 4.74 Å². The van der Waals surface area contributed by atoms with Crippen LogP contribution in [0.2, 0.25) is 0 Å². The van der Waals surface area contributed by atoms with Crippen LogP contribution in [0.5, 0.6) is 0 Å². The highest BCUT2D eigenvalue weighted by Crippen LogP contribution is 2.58. The van der Waals surface area contributed by atoms with Crippen LogP contribution in [0, 0.1) is 40.9 Å². The van der Waals surface area contributed by atoms with Gasteiger partial charge < -0.3 is 4.74 Å². The predicted octanol–water partition coefficient (Wildman–Crippen LogP) is 3.16. The second-order valence-corrected chi connectivity index (χ2v) is 6.18. The monoisotopic (exact) mass is 231 g/mol. The van der Waals surface area contributed by atoms with Crippen molar-refractivity contribution in [3.63, 3.8) is 0 Å². The lowest BCUT2D eigenvalue weighted by Crippen LogP contribution is -2.45. The molecule has 0 unspecified atom stereocenters. The van der Waals surface area contributed by atoms with E-state index >= 15 is 0 Å². The zero-order valence-corrected chi connectivity index (χ0v) is 10.6. The molecule has 0 aromatic carbocycles. The van der Waals surface area contributed by atoms with Crippen molar-refractivity contribution in [1.29, 1.82) is 5.26 Å². The lowest BCUT2D eigenvalue weighted by Gasteiger charge is -2.54. The second-order valence-electron chi connectivity index (χ2n) is 6.18. The molecule has 4 aliphatic rings. The first-order valence-electron chi connectivity index (χ1n) is 6.91. The molecular weight excluding hydrogens is 210 g/mol. The highest BCUT2D eigenvalue weighted by atomic mass is 16.5. The van der Waals surface area contributed by atoms with Gasteiger partial charge in [-0.3, -0.25) is 0 Å². The Hall–Kier alpha value is -0.810. The van der Waals surface area contributed by atoms with Gasteiger partial charge in [0.1, 0.15) is 0 Å². The van der Waals surface area contributed by atoms with Crippen LogP contribution < -0.4 is 0 Å². The third kappa shape index (κ3) is 1.91. The van der Waals surface area contributed by atoms with Gasteiger partial charge in [0.2, 0.25) is 0 Å². The Morgan fingerprint density at radius 1 is 1.18 bits per heavy atom. The molecular formula is C15H21NO. The maximum Gasteiger partial charge on any atom is 0.0947 e. The van der Waals surface area contributed by atoms with E-state index in [9.17, 15) is 5.26 Å². The molecule has 4 fully saturated rings. The number of ether oxygens (including phenoxy) is 1. The normalized spacial score (nSPS) is 43.8. The van der Waals surface area contributed by atoms with Crippen molar-refractivity contribution in [3.8, 4) is 6.07 Å². The van der Waals surface area contributed by atoms with Crippen molar-refractivity contribution in [2.75, 3.05) is 13.7 Å². The fraction of sp³-hybridized carbons (Fsp3) is 0.800. The van der Waals surface area contributed by atoms with Crippen molar-refractivity contribution in [2.24, 2.45) is 29.6 Å². The second kappa shape index (κ2) is 4.46. The minimum Gasteiger partial charge on any atom is -0.381 e. The number of rotatable bonds is 3. The standard InChI is InChI=1S/C15H21NO/c1-17-3-2-12(9-16)15-13-5-10-4-11(7-13)8-14(15)6-10/h2,10-11,13-15H,3-8H2,1H3/b12-2-. The number of allylic oxidation sites excluding steroid dienone is 1. The minimum absolute atomic E-state index is 0.558. The van der Waals surface area contributed by atoms with Crippen LogP contribution in [0.15, 0.2) is 11.6 Å². The van der Waals surface area contributed by atoms with E-state index in [1.165, 1.54) is 32.1 Å². The van der Waals surface area contributed by atoms with Gasteiger partial charge in [0.25, 0.3) is 0 Å². The predicted molar refractivity (Wildman–Crippen MR) is 66.1 cm³/mol. The van der Waals surface area contributed by atoms with E-state index < -0.39 is 0 Å². The minimum atomic E-state index is 0.558. The molecule has 17 heavy (non-hydrogen) atoms. The van der Waals surface area contributed by atoms with Crippen LogP contribution in [0.4, 0.5) is 0 Å². The third-order valence-electron chi connectivity index (χ3n) is 5.18. The highest BCUT2D eigenvalue weighted by molar-refractivity contribution is 5.27. The number of nitrogens with zero attached hydrogens (tertiary/aromatic N) is 1. The van der Waals surface area contributed by atoms with Gasteiger partial charge in [0.05, 0.1) is 12.7 Å². The fourth-order valence-electron chi connectivity index (χ4n) is 4.86. The maximum atomic E-state index is 9.36. The number of methoxy groups -OCH3 is 1. The number of hydrogen-bond acceptors (Lipinski definition) is 2. The van der Waals surface area contributed by atoms with E-state index in [4.69, 9.17) is 4.74 Å². The topological polar surface area (TPSA) is 33.0 Å². The van der Waals surface area contributed by atoms with E-state index in [-0.39, 0.29) is 0 Å². The Kier molecular flexibility index (Phi) is 2.96. The summed E-state index contributed by atoms with van der Waals surface area (Å²) in [6, 6.07) is 2.45. The van der Waals surface area contributed by atoms with Gasteiger partial charge in [-0.15, -0.1) is 0 Å². The molecule has 0 aromatic heterocycles. The first kappa shape index (κ1) is 11.3. The quantitative estimate of drug-likeness (QED) is 0.699. The molecule has 2 nitrogen and oxygen atoms in total. The molecule has 4 aliphatic carbocycles. The Labute approximate surface area is 104 Å². The third-order valence-corrected chi connectivity index (χ3v) is 5.18. The SMILES string of the molecule is COC/C=C(/C#N)C1C2CC3CC(C2)CC1C3. The Morgan fingerprint density at radius 2 is 1.76 bits per heavy atom. The zero-order chi connectivity index (χ0) is 11.8. The summed E-state index contributed by atoms with van der Waals surface area (Å²) in [5.74, 6) is 4.12. The summed E-state index contributed by atoms with van der Waals surface area (Å²) in [6.07, 6.45) is 9.01. The lowest BCUT2D eigenvalue weighted by atomic mass is 9.50. The molecule has 2 heteroatoms. The molecule has 4 rings (SSSR count). The molecule has 0 atom stereocenters. The van der Waals surface area contributed by atoms with Crippen molar-refractivity contribution in [1.82, 2.24) is 0 Å². The van der Waals surface area contributed by atoms with Crippen molar-refractivity contribution in [3.05, 3.63) is 11.6 Å². The Morgan fingerprint density at radius 3 is 2.24 bits per heavy atom. The molecule has 0 amide bonds. The van der Waals surface area contributed by atoms with E-state index in [1.54, 1.807) is 7.11 Å². The van der Waals surface area contributed by atoms with Gasteiger partial charge in [0.15, 0.2) is 0 Å². The van der Waals surface area contributed by atoms with Crippen LogP contribution in [0.25, 0.3) is 0 Å². The maximum absolute atomic E-state index is 9.36. The summed E-state index contributed by atoms with van der Waals surface area (Å²) >= 11 is 0. The van der Waals surface area contributed by atoms with Gasteiger partial charge in [-0.2, -0.15) is 5.26 Å². The molecule has 0 N–H and O–H groups in total. The molecule has 0 aromatic rings. The van der Waals surface area contributed by atoms with Crippen molar-refractivity contribution >= 4 is 0 Å². The zero-order valence-electron chi connectivity index (χ0n) is 10.6. The largest absolute Gasteiger partial charge is 0.381 e. The average Bonchev–Trinajstić information content (AvgIpc) is 2.31.